The Balaban J connectivity index is 1.84. The van der Waals surface area contributed by atoms with E-state index in [4.69, 9.17) is 4.74 Å². The summed E-state index contributed by atoms with van der Waals surface area (Å²) in [6.07, 6.45) is 3.15. The van der Waals surface area contributed by atoms with Gasteiger partial charge < -0.3 is 10.1 Å². The van der Waals surface area contributed by atoms with E-state index >= 15 is 0 Å². The smallest absolute Gasteiger partial charge is 0.322 e. The number of rotatable bonds is 7. The summed E-state index contributed by atoms with van der Waals surface area (Å²) < 4.78 is 4.89. The maximum Gasteiger partial charge on any atom is 0.322 e. The van der Waals surface area contributed by atoms with Gasteiger partial charge in [0.15, 0.2) is 0 Å². The molecular formula is C22H27NO2S. The van der Waals surface area contributed by atoms with Gasteiger partial charge >= 0.3 is 5.97 Å². The van der Waals surface area contributed by atoms with E-state index in [2.05, 4.69) is 60.8 Å². The second kappa shape index (κ2) is 8.74. The van der Waals surface area contributed by atoms with Crippen LogP contribution in [0, 0.1) is 0 Å². The van der Waals surface area contributed by atoms with Crippen molar-refractivity contribution in [1.82, 2.24) is 5.32 Å². The molecule has 0 saturated carbocycles. The standard InChI is InChI=1S/C22H27NO2S/c1-3-4-14-26-22(15-20(23-16-22)21(24)25-2)19-12-10-18(11-13-19)17-8-6-5-7-9-17/h5-13,20,23H,3-4,14-16H2,1-2H3/t20?,22-/m0/s1. The summed E-state index contributed by atoms with van der Waals surface area (Å²) >= 11 is 1.97. The van der Waals surface area contributed by atoms with Crippen LogP contribution >= 0.6 is 11.8 Å². The summed E-state index contributed by atoms with van der Waals surface area (Å²) in [6, 6.07) is 19.0. The first-order valence-corrected chi connectivity index (χ1v) is 10.3. The van der Waals surface area contributed by atoms with Gasteiger partial charge in [-0.1, -0.05) is 67.9 Å². The Hall–Kier alpha value is -1.78. The van der Waals surface area contributed by atoms with E-state index in [1.54, 1.807) is 0 Å². The Morgan fingerprint density at radius 1 is 1.15 bits per heavy atom. The number of thioether (sulfide) groups is 1. The summed E-state index contributed by atoms with van der Waals surface area (Å²) in [5.74, 6) is 0.941. The van der Waals surface area contributed by atoms with Crippen LogP contribution in [-0.4, -0.2) is 31.4 Å². The third-order valence-corrected chi connectivity index (χ3v) is 6.64. The first-order valence-electron chi connectivity index (χ1n) is 9.29. The molecule has 1 fully saturated rings. The molecule has 1 unspecified atom stereocenters. The lowest BCUT2D eigenvalue weighted by atomic mass is 9.93. The molecule has 1 N–H and O–H groups in total. The monoisotopic (exact) mass is 369 g/mol. The summed E-state index contributed by atoms with van der Waals surface area (Å²) in [5, 5.41) is 3.37. The van der Waals surface area contributed by atoms with Gasteiger partial charge in [-0.15, -0.1) is 11.8 Å². The Morgan fingerprint density at radius 2 is 1.85 bits per heavy atom. The van der Waals surface area contributed by atoms with E-state index in [1.165, 1.54) is 36.6 Å². The lowest BCUT2D eigenvalue weighted by Crippen LogP contribution is -2.31. The number of esters is 1. The number of benzene rings is 2. The lowest BCUT2D eigenvalue weighted by molar-refractivity contribution is -0.142. The maximum absolute atomic E-state index is 12.0. The van der Waals surface area contributed by atoms with E-state index in [0.717, 1.165) is 18.7 Å². The second-order valence-corrected chi connectivity index (χ2v) is 8.28. The van der Waals surface area contributed by atoms with Crippen LogP contribution in [0.5, 0.6) is 0 Å². The molecule has 26 heavy (non-hydrogen) atoms. The minimum Gasteiger partial charge on any atom is -0.468 e. The highest BCUT2D eigenvalue weighted by Gasteiger charge is 2.43. The fourth-order valence-corrected chi connectivity index (χ4v) is 5.09. The molecular weight excluding hydrogens is 342 g/mol. The second-order valence-electron chi connectivity index (χ2n) is 6.80. The molecule has 0 aromatic heterocycles. The molecule has 0 amide bonds. The third-order valence-electron chi connectivity index (χ3n) is 5.05. The predicted octanol–water partition coefficient (Wildman–Crippen LogP) is 4.62. The molecule has 0 bridgehead atoms. The minimum absolute atomic E-state index is 0.0662. The average Bonchev–Trinajstić information content (AvgIpc) is 3.14. The zero-order valence-corrected chi connectivity index (χ0v) is 16.4. The van der Waals surface area contributed by atoms with Gasteiger partial charge in [-0.05, 0) is 35.3 Å². The molecule has 1 aliphatic rings. The van der Waals surface area contributed by atoms with Gasteiger partial charge in [0, 0.05) is 6.54 Å². The van der Waals surface area contributed by atoms with Gasteiger partial charge in [0.25, 0.3) is 0 Å². The first kappa shape index (κ1) is 19.0. The van der Waals surface area contributed by atoms with Crippen LogP contribution in [0.3, 0.4) is 0 Å². The molecule has 2 atom stereocenters. The van der Waals surface area contributed by atoms with Crippen LogP contribution in [-0.2, 0) is 14.3 Å². The van der Waals surface area contributed by atoms with Crippen molar-refractivity contribution in [3.05, 3.63) is 60.2 Å². The van der Waals surface area contributed by atoms with Gasteiger partial charge in [-0.2, -0.15) is 0 Å². The van der Waals surface area contributed by atoms with Crippen molar-refractivity contribution in [2.24, 2.45) is 0 Å². The Labute approximate surface area is 160 Å². The Bertz CT molecular complexity index is 717. The van der Waals surface area contributed by atoms with Gasteiger partial charge in [0.2, 0.25) is 0 Å². The number of carbonyl (C=O) groups excluding carboxylic acids is 1. The van der Waals surface area contributed by atoms with Crippen LogP contribution in [0.4, 0.5) is 0 Å². The molecule has 1 saturated heterocycles. The molecule has 2 aromatic carbocycles. The molecule has 3 rings (SSSR count). The molecule has 1 aliphatic heterocycles. The van der Waals surface area contributed by atoms with E-state index in [9.17, 15) is 4.79 Å². The number of hydrogen-bond donors (Lipinski definition) is 1. The van der Waals surface area contributed by atoms with Crippen molar-refractivity contribution in [2.45, 2.75) is 37.0 Å². The highest BCUT2D eigenvalue weighted by atomic mass is 32.2. The van der Waals surface area contributed by atoms with Crippen molar-refractivity contribution in [3.8, 4) is 11.1 Å². The molecule has 4 heteroatoms. The summed E-state index contributed by atoms with van der Waals surface area (Å²) in [6.45, 7) is 3.01. The SMILES string of the molecule is CCCCS[C@]1(c2ccc(-c3ccccc3)cc2)CNC(C(=O)OC)C1. The fraction of sp³-hybridized carbons (Fsp3) is 0.409. The summed E-state index contributed by atoms with van der Waals surface area (Å²) in [5.41, 5.74) is 3.74. The highest BCUT2D eigenvalue weighted by molar-refractivity contribution is 8.00. The number of carbonyl (C=O) groups is 1. The topological polar surface area (TPSA) is 38.3 Å². The van der Waals surface area contributed by atoms with Crippen LogP contribution < -0.4 is 5.32 Å². The molecule has 3 nitrogen and oxygen atoms in total. The average molecular weight is 370 g/mol. The number of hydrogen-bond acceptors (Lipinski definition) is 4. The Morgan fingerprint density at radius 3 is 2.50 bits per heavy atom. The van der Waals surface area contributed by atoms with Gasteiger partial charge in [-0.3, -0.25) is 4.79 Å². The lowest BCUT2D eigenvalue weighted by Gasteiger charge is -2.29. The van der Waals surface area contributed by atoms with Gasteiger partial charge in [0.05, 0.1) is 11.9 Å². The van der Waals surface area contributed by atoms with Crippen molar-refractivity contribution in [2.75, 3.05) is 19.4 Å². The maximum atomic E-state index is 12.0. The van der Waals surface area contributed by atoms with E-state index in [-0.39, 0.29) is 16.8 Å². The van der Waals surface area contributed by atoms with Crippen LogP contribution in [0.1, 0.15) is 31.7 Å². The van der Waals surface area contributed by atoms with Crippen LogP contribution in [0.25, 0.3) is 11.1 Å². The summed E-state index contributed by atoms with van der Waals surface area (Å²) in [7, 11) is 1.46. The number of methoxy groups -OCH3 is 1. The first-order chi connectivity index (χ1) is 12.7. The molecule has 2 aromatic rings. The van der Waals surface area contributed by atoms with Crippen LogP contribution in [0.2, 0.25) is 0 Å². The van der Waals surface area contributed by atoms with Gasteiger partial charge in [-0.25, -0.2) is 0 Å². The zero-order chi connectivity index (χ0) is 18.4. The van der Waals surface area contributed by atoms with Crippen molar-refractivity contribution >= 4 is 17.7 Å². The highest BCUT2D eigenvalue weighted by Crippen LogP contribution is 2.44. The molecule has 138 valence electrons. The third kappa shape index (κ3) is 4.13. The minimum atomic E-state index is -0.220. The number of ether oxygens (including phenoxy) is 1. The largest absolute Gasteiger partial charge is 0.468 e. The quantitative estimate of drug-likeness (QED) is 0.571. The van der Waals surface area contributed by atoms with E-state index in [0.29, 0.717) is 0 Å². The fourth-order valence-electron chi connectivity index (χ4n) is 3.49. The number of unbranched alkanes of at least 4 members (excludes halogenated alkanes) is 1. The van der Waals surface area contributed by atoms with E-state index < -0.39 is 0 Å². The Kier molecular flexibility index (Phi) is 6.38. The zero-order valence-electron chi connectivity index (χ0n) is 15.5. The molecule has 0 spiro atoms. The van der Waals surface area contributed by atoms with Crippen molar-refractivity contribution in [1.29, 1.82) is 0 Å². The van der Waals surface area contributed by atoms with E-state index in [1.807, 2.05) is 17.8 Å². The number of nitrogens with one attached hydrogen (secondary N) is 1. The van der Waals surface area contributed by atoms with Crippen LogP contribution in [0.15, 0.2) is 54.6 Å². The molecule has 0 aliphatic carbocycles. The van der Waals surface area contributed by atoms with Gasteiger partial charge in [0.1, 0.15) is 6.04 Å². The normalized spacial score (nSPS) is 22.3. The molecule has 1 heterocycles. The molecule has 0 radical (unpaired) electrons. The summed E-state index contributed by atoms with van der Waals surface area (Å²) in [4.78, 5) is 12.0. The van der Waals surface area contributed by atoms with Crippen molar-refractivity contribution in [3.63, 3.8) is 0 Å². The van der Waals surface area contributed by atoms with Crippen molar-refractivity contribution < 1.29 is 9.53 Å². The predicted molar refractivity (Wildman–Crippen MR) is 109 cm³/mol.